The molecule has 0 aliphatic heterocycles. The van der Waals surface area contributed by atoms with E-state index in [0.717, 1.165) is 50.5 Å². The molecule has 0 aromatic heterocycles. The van der Waals surface area contributed by atoms with Gasteiger partial charge in [-0.25, -0.2) is 8.78 Å². The Balaban J connectivity index is 1.47. The van der Waals surface area contributed by atoms with Gasteiger partial charge in [-0.05, 0) is 79.0 Å². The SMILES string of the molecule is CC=CC1CC=C(c2ccc(-c3ccc(-c4ccc(OCCCCCC)c(F)c4F)cc3)c(F)c2)CC1. The summed E-state index contributed by atoms with van der Waals surface area (Å²) in [7, 11) is 0. The molecule has 1 atom stereocenters. The van der Waals surface area contributed by atoms with E-state index in [-0.39, 0.29) is 17.1 Å². The van der Waals surface area contributed by atoms with Gasteiger partial charge in [0.15, 0.2) is 11.6 Å². The van der Waals surface area contributed by atoms with Crippen LogP contribution in [0.2, 0.25) is 0 Å². The second-order valence-electron chi connectivity index (χ2n) is 9.71. The van der Waals surface area contributed by atoms with Crippen LogP contribution in [0.5, 0.6) is 5.75 Å². The lowest BCUT2D eigenvalue weighted by Gasteiger charge is -2.20. The normalized spacial score (nSPS) is 15.7. The van der Waals surface area contributed by atoms with Gasteiger partial charge < -0.3 is 4.74 Å². The molecule has 0 saturated carbocycles. The Labute approximate surface area is 218 Å². The molecular weight excluding hydrogens is 469 g/mol. The summed E-state index contributed by atoms with van der Waals surface area (Å²) in [5, 5.41) is 0. The van der Waals surface area contributed by atoms with Gasteiger partial charge in [0.25, 0.3) is 0 Å². The van der Waals surface area contributed by atoms with Crippen molar-refractivity contribution >= 4 is 5.57 Å². The van der Waals surface area contributed by atoms with E-state index in [1.54, 1.807) is 36.4 Å². The first-order valence-electron chi connectivity index (χ1n) is 13.3. The Kier molecular flexibility index (Phi) is 9.27. The first kappa shape index (κ1) is 26.8. The van der Waals surface area contributed by atoms with E-state index >= 15 is 4.39 Å². The third-order valence-electron chi connectivity index (χ3n) is 7.07. The highest BCUT2D eigenvalue weighted by atomic mass is 19.2. The van der Waals surface area contributed by atoms with E-state index in [9.17, 15) is 8.78 Å². The van der Waals surface area contributed by atoms with Crippen LogP contribution in [0.15, 0.2) is 72.8 Å². The second-order valence-corrected chi connectivity index (χ2v) is 9.71. The number of hydrogen-bond acceptors (Lipinski definition) is 1. The standard InChI is InChI=1S/C33H35F3O/c1-3-5-6-7-21-37-31-20-19-29(32(35)33(31)36)26-15-13-25(14-16-26)28-18-17-27(22-30(28)34)24-11-9-23(8-4-2)10-12-24/h4,8,11,13-20,22-23H,3,5-7,9-10,12,21H2,1-2H3. The van der Waals surface area contributed by atoms with Gasteiger partial charge in [-0.1, -0.05) is 80.8 Å². The minimum atomic E-state index is -0.979. The van der Waals surface area contributed by atoms with Crippen molar-refractivity contribution in [2.75, 3.05) is 6.61 Å². The van der Waals surface area contributed by atoms with Gasteiger partial charge in [0.2, 0.25) is 5.82 Å². The number of ether oxygens (including phenoxy) is 1. The molecule has 1 nitrogen and oxygen atoms in total. The average molecular weight is 505 g/mol. The molecule has 0 amide bonds. The molecule has 194 valence electrons. The maximum absolute atomic E-state index is 15.1. The molecule has 37 heavy (non-hydrogen) atoms. The van der Waals surface area contributed by atoms with Crippen LogP contribution in [0.25, 0.3) is 27.8 Å². The summed E-state index contributed by atoms with van der Waals surface area (Å²) < 4.78 is 50.0. The first-order valence-corrected chi connectivity index (χ1v) is 13.3. The fraction of sp³-hybridized carbons (Fsp3) is 0.333. The monoisotopic (exact) mass is 504 g/mol. The third-order valence-corrected chi connectivity index (χ3v) is 7.07. The Hall–Kier alpha value is -3.27. The molecule has 4 heteroatoms. The Morgan fingerprint density at radius 2 is 1.54 bits per heavy atom. The fourth-order valence-corrected chi connectivity index (χ4v) is 4.92. The summed E-state index contributed by atoms with van der Waals surface area (Å²) in [5.74, 6) is -1.71. The lowest BCUT2D eigenvalue weighted by molar-refractivity contribution is 0.285. The maximum atomic E-state index is 15.1. The molecule has 0 radical (unpaired) electrons. The van der Waals surface area contributed by atoms with Crippen molar-refractivity contribution in [3.63, 3.8) is 0 Å². The zero-order chi connectivity index (χ0) is 26.2. The van der Waals surface area contributed by atoms with Crippen molar-refractivity contribution in [2.45, 2.75) is 58.8 Å². The van der Waals surface area contributed by atoms with Crippen LogP contribution in [0.3, 0.4) is 0 Å². The van der Waals surface area contributed by atoms with E-state index in [4.69, 9.17) is 4.74 Å². The molecular formula is C33H35F3O. The van der Waals surface area contributed by atoms with Crippen LogP contribution in [0.1, 0.15) is 64.4 Å². The molecule has 1 unspecified atom stereocenters. The summed E-state index contributed by atoms with van der Waals surface area (Å²) in [6, 6.07) is 15.2. The maximum Gasteiger partial charge on any atom is 0.201 e. The Morgan fingerprint density at radius 1 is 0.838 bits per heavy atom. The van der Waals surface area contributed by atoms with Crippen molar-refractivity contribution in [2.24, 2.45) is 5.92 Å². The Bertz CT molecular complexity index is 1260. The molecule has 4 rings (SSSR count). The van der Waals surface area contributed by atoms with E-state index in [0.29, 0.717) is 29.2 Å². The van der Waals surface area contributed by atoms with Gasteiger partial charge in [0, 0.05) is 11.1 Å². The largest absolute Gasteiger partial charge is 0.490 e. The second kappa shape index (κ2) is 12.8. The van der Waals surface area contributed by atoms with Crippen molar-refractivity contribution in [1.29, 1.82) is 0 Å². The first-order chi connectivity index (χ1) is 18.0. The summed E-state index contributed by atoms with van der Waals surface area (Å²) in [4.78, 5) is 0. The summed E-state index contributed by atoms with van der Waals surface area (Å²) in [6.45, 7) is 4.52. The average Bonchev–Trinajstić information content (AvgIpc) is 2.92. The number of hydrogen-bond donors (Lipinski definition) is 0. The third kappa shape index (κ3) is 6.54. The van der Waals surface area contributed by atoms with Gasteiger partial charge in [0.05, 0.1) is 6.61 Å². The predicted molar refractivity (Wildman–Crippen MR) is 147 cm³/mol. The topological polar surface area (TPSA) is 9.23 Å². The smallest absolute Gasteiger partial charge is 0.201 e. The van der Waals surface area contributed by atoms with E-state index in [1.165, 1.54) is 17.7 Å². The zero-order valence-electron chi connectivity index (χ0n) is 21.7. The molecule has 0 bridgehead atoms. The molecule has 0 N–H and O–H groups in total. The van der Waals surface area contributed by atoms with Crippen LogP contribution in [0.4, 0.5) is 13.2 Å². The molecule has 3 aromatic carbocycles. The van der Waals surface area contributed by atoms with E-state index in [2.05, 4.69) is 25.2 Å². The number of unbranched alkanes of at least 4 members (excludes halogenated alkanes) is 3. The van der Waals surface area contributed by atoms with Crippen molar-refractivity contribution < 1.29 is 17.9 Å². The highest BCUT2D eigenvalue weighted by Crippen LogP contribution is 2.35. The van der Waals surface area contributed by atoms with E-state index in [1.807, 2.05) is 13.0 Å². The fourth-order valence-electron chi connectivity index (χ4n) is 4.92. The molecule has 0 fully saturated rings. The molecule has 0 heterocycles. The van der Waals surface area contributed by atoms with Crippen LogP contribution >= 0.6 is 0 Å². The highest BCUT2D eigenvalue weighted by molar-refractivity contribution is 5.74. The number of rotatable bonds is 10. The van der Waals surface area contributed by atoms with Gasteiger partial charge in [-0.3, -0.25) is 0 Å². The van der Waals surface area contributed by atoms with Gasteiger partial charge in [-0.15, -0.1) is 0 Å². The summed E-state index contributed by atoms with van der Waals surface area (Å²) in [6.07, 6.45) is 13.5. The summed E-state index contributed by atoms with van der Waals surface area (Å²) in [5.41, 5.74) is 3.95. The van der Waals surface area contributed by atoms with Crippen LogP contribution in [0, 0.1) is 23.4 Å². The molecule has 0 saturated heterocycles. The van der Waals surface area contributed by atoms with Gasteiger partial charge in [-0.2, -0.15) is 4.39 Å². The van der Waals surface area contributed by atoms with Crippen molar-refractivity contribution in [3.8, 4) is 28.0 Å². The highest BCUT2D eigenvalue weighted by Gasteiger charge is 2.17. The molecule has 0 spiro atoms. The van der Waals surface area contributed by atoms with Crippen LogP contribution in [-0.2, 0) is 0 Å². The van der Waals surface area contributed by atoms with E-state index < -0.39 is 11.6 Å². The van der Waals surface area contributed by atoms with Crippen LogP contribution < -0.4 is 4.74 Å². The molecule has 3 aromatic rings. The quantitative estimate of drug-likeness (QED) is 0.197. The lowest BCUT2D eigenvalue weighted by atomic mass is 9.86. The number of benzene rings is 3. The minimum absolute atomic E-state index is 0.0676. The predicted octanol–water partition coefficient (Wildman–Crippen LogP) is 10.2. The zero-order valence-corrected chi connectivity index (χ0v) is 21.7. The molecule has 1 aliphatic carbocycles. The van der Waals surface area contributed by atoms with Crippen molar-refractivity contribution in [3.05, 3.63) is 95.8 Å². The van der Waals surface area contributed by atoms with Crippen molar-refractivity contribution in [1.82, 2.24) is 0 Å². The minimum Gasteiger partial charge on any atom is -0.490 e. The Morgan fingerprint density at radius 3 is 2.19 bits per heavy atom. The van der Waals surface area contributed by atoms with Gasteiger partial charge in [0.1, 0.15) is 5.82 Å². The van der Waals surface area contributed by atoms with Gasteiger partial charge >= 0.3 is 0 Å². The number of halogens is 3. The number of allylic oxidation sites excluding steroid dienone is 4. The summed E-state index contributed by atoms with van der Waals surface area (Å²) >= 11 is 0. The lowest BCUT2D eigenvalue weighted by Crippen LogP contribution is -2.03. The molecule has 1 aliphatic rings. The van der Waals surface area contributed by atoms with Crippen LogP contribution in [-0.4, -0.2) is 6.61 Å².